The number of para-hydroxylation sites is 1. The van der Waals surface area contributed by atoms with Gasteiger partial charge in [0.15, 0.2) is 0 Å². The van der Waals surface area contributed by atoms with E-state index in [2.05, 4.69) is 20.9 Å². The number of carbonyl (C=O) groups is 1. The number of ether oxygens (including phenoxy) is 1. The third-order valence-electron chi connectivity index (χ3n) is 10.1. The van der Waals surface area contributed by atoms with E-state index in [9.17, 15) is 13.2 Å². The lowest BCUT2D eigenvalue weighted by Gasteiger charge is -2.46. The molecule has 46 heavy (non-hydrogen) atoms. The number of carbonyl (C=O) groups excluding carboxylic acids is 1. The molecule has 6 rings (SSSR count). The fourth-order valence-electron chi connectivity index (χ4n) is 7.14. The molecular formula is C35H44N6O4S. The van der Waals surface area contributed by atoms with Gasteiger partial charge in [-0.15, -0.1) is 0 Å². The number of aromatic amines is 1. The van der Waals surface area contributed by atoms with Crippen molar-refractivity contribution in [2.24, 2.45) is 5.41 Å². The van der Waals surface area contributed by atoms with Crippen LogP contribution in [0.15, 0.2) is 59.6 Å². The molecule has 2 aliphatic rings. The van der Waals surface area contributed by atoms with E-state index >= 15 is 0 Å². The molecule has 10 nitrogen and oxygen atoms in total. The Morgan fingerprint density at radius 2 is 1.70 bits per heavy atom. The number of imidazole rings is 1. The predicted octanol–water partition coefficient (Wildman–Crippen LogP) is 5.48. The van der Waals surface area contributed by atoms with Gasteiger partial charge in [-0.2, -0.15) is 4.31 Å². The molecule has 2 fully saturated rings. The standard InChI is InChI=1S/C35H44N6O4S/c1-24-21-28(45-5)22-25(2)32(24)46(43,44)39(4)26(3)33-37-30-11-8-10-29(31(30)38-33)34(42)41-19-14-35(15-20-41)12-17-40(18-13-35)23-27-9-6-7-16-36-27/h6-11,16,21-22,26H,12-15,17-20,23H2,1-5H3,(H,37,38). The van der Waals surface area contributed by atoms with Gasteiger partial charge in [-0.1, -0.05) is 12.1 Å². The van der Waals surface area contributed by atoms with Crippen LogP contribution in [0.1, 0.15) is 71.7 Å². The van der Waals surface area contributed by atoms with E-state index in [1.807, 2.05) is 41.4 Å². The van der Waals surface area contributed by atoms with Crippen molar-refractivity contribution in [2.45, 2.75) is 63.9 Å². The first-order valence-electron chi connectivity index (χ1n) is 16.0. The molecule has 1 unspecified atom stereocenters. The van der Waals surface area contributed by atoms with E-state index in [1.54, 1.807) is 47.1 Å². The third-order valence-corrected chi connectivity index (χ3v) is 12.4. The molecule has 2 aromatic heterocycles. The number of aromatic nitrogens is 3. The van der Waals surface area contributed by atoms with Crippen LogP contribution in [0.3, 0.4) is 0 Å². The molecule has 1 spiro atoms. The van der Waals surface area contributed by atoms with E-state index in [-0.39, 0.29) is 16.2 Å². The Kier molecular flexibility index (Phi) is 8.93. The number of benzene rings is 2. The zero-order valence-electron chi connectivity index (χ0n) is 27.4. The Hall–Kier alpha value is -3.80. The molecule has 0 radical (unpaired) electrons. The van der Waals surface area contributed by atoms with Gasteiger partial charge >= 0.3 is 0 Å². The number of sulfonamides is 1. The summed E-state index contributed by atoms with van der Waals surface area (Å²) in [6.07, 6.45) is 6.14. The molecule has 2 saturated heterocycles. The lowest BCUT2D eigenvalue weighted by Crippen LogP contribution is -2.48. The summed E-state index contributed by atoms with van der Waals surface area (Å²) in [6.45, 7) is 9.80. The summed E-state index contributed by atoms with van der Waals surface area (Å²) in [5.41, 5.74) is 4.46. The van der Waals surface area contributed by atoms with E-state index in [0.717, 1.165) is 64.1 Å². The number of pyridine rings is 1. The molecule has 4 heterocycles. The van der Waals surface area contributed by atoms with Gasteiger partial charge < -0.3 is 14.6 Å². The SMILES string of the molecule is COc1cc(C)c(S(=O)(=O)N(C)C(C)c2nc3c(C(=O)N4CCC5(CCN(Cc6ccccn6)CC5)CC4)cccc3[nH]2)c(C)c1. The van der Waals surface area contributed by atoms with Crippen molar-refractivity contribution in [1.82, 2.24) is 29.1 Å². The fourth-order valence-corrected chi connectivity index (χ4v) is 8.88. The molecule has 244 valence electrons. The maximum absolute atomic E-state index is 13.9. The minimum atomic E-state index is -3.85. The second-order valence-corrected chi connectivity index (χ2v) is 14.9. The molecule has 0 aliphatic carbocycles. The largest absolute Gasteiger partial charge is 0.497 e. The first-order valence-corrected chi connectivity index (χ1v) is 17.5. The number of likely N-dealkylation sites (tertiary alicyclic amines) is 2. The van der Waals surface area contributed by atoms with Crippen LogP contribution in [-0.4, -0.2) is 83.7 Å². The Morgan fingerprint density at radius 1 is 1.02 bits per heavy atom. The first kappa shape index (κ1) is 32.2. The van der Waals surface area contributed by atoms with Crippen molar-refractivity contribution in [2.75, 3.05) is 40.3 Å². The number of nitrogens with zero attached hydrogens (tertiary/aromatic N) is 5. The number of H-pyrrole nitrogens is 1. The van der Waals surface area contributed by atoms with E-state index in [0.29, 0.717) is 39.3 Å². The lowest BCUT2D eigenvalue weighted by molar-refractivity contribution is 0.0283. The zero-order chi connectivity index (χ0) is 32.6. The molecule has 1 amide bonds. The number of hydrogen-bond acceptors (Lipinski definition) is 7. The van der Waals surface area contributed by atoms with Gasteiger partial charge in [-0.3, -0.25) is 14.7 Å². The van der Waals surface area contributed by atoms with Crippen LogP contribution in [0, 0.1) is 19.3 Å². The summed E-state index contributed by atoms with van der Waals surface area (Å²) in [6, 6.07) is 14.5. The van der Waals surface area contributed by atoms with Crippen LogP contribution >= 0.6 is 0 Å². The molecule has 1 atom stereocenters. The van der Waals surface area contributed by atoms with Crippen molar-refractivity contribution in [3.05, 3.63) is 82.9 Å². The average Bonchev–Trinajstić information content (AvgIpc) is 3.50. The highest BCUT2D eigenvalue weighted by atomic mass is 32.2. The summed E-state index contributed by atoms with van der Waals surface area (Å²) in [4.78, 5) is 31.2. The Bertz CT molecular complexity index is 1800. The van der Waals surface area contributed by atoms with Crippen LogP contribution in [-0.2, 0) is 16.6 Å². The summed E-state index contributed by atoms with van der Waals surface area (Å²) < 4.78 is 34.2. The quantitative estimate of drug-likeness (QED) is 0.270. The molecule has 2 aliphatic heterocycles. The number of piperidine rings is 2. The van der Waals surface area contributed by atoms with Crippen molar-refractivity contribution < 1.29 is 17.9 Å². The van der Waals surface area contributed by atoms with E-state index in [1.165, 1.54) is 4.31 Å². The number of methoxy groups -OCH3 is 1. The van der Waals surface area contributed by atoms with Crippen LogP contribution in [0.2, 0.25) is 0 Å². The topological polar surface area (TPSA) is 112 Å². The Balaban J connectivity index is 1.14. The average molecular weight is 645 g/mol. The van der Waals surface area contributed by atoms with Gasteiger partial charge in [0.25, 0.3) is 5.91 Å². The monoisotopic (exact) mass is 644 g/mol. The lowest BCUT2D eigenvalue weighted by atomic mass is 9.71. The van der Waals surface area contributed by atoms with Gasteiger partial charge in [-0.05, 0) is 112 Å². The zero-order valence-corrected chi connectivity index (χ0v) is 28.2. The van der Waals surface area contributed by atoms with Crippen molar-refractivity contribution in [1.29, 1.82) is 0 Å². The maximum atomic E-state index is 13.9. The fraction of sp³-hybridized carbons (Fsp3) is 0.457. The number of hydrogen-bond donors (Lipinski definition) is 1. The van der Waals surface area contributed by atoms with Gasteiger partial charge in [0.05, 0.1) is 34.8 Å². The minimum Gasteiger partial charge on any atom is -0.497 e. The maximum Gasteiger partial charge on any atom is 0.256 e. The number of fused-ring (bicyclic) bond motifs is 1. The molecular weight excluding hydrogens is 600 g/mol. The smallest absolute Gasteiger partial charge is 0.256 e. The van der Waals surface area contributed by atoms with Gasteiger partial charge in [-0.25, -0.2) is 13.4 Å². The second kappa shape index (κ2) is 12.8. The van der Waals surface area contributed by atoms with Crippen LogP contribution in [0.25, 0.3) is 11.0 Å². The third kappa shape index (κ3) is 6.15. The summed E-state index contributed by atoms with van der Waals surface area (Å²) >= 11 is 0. The highest BCUT2D eigenvalue weighted by molar-refractivity contribution is 7.89. The van der Waals surface area contributed by atoms with Crippen LogP contribution in [0.4, 0.5) is 0 Å². The molecule has 11 heteroatoms. The Morgan fingerprint density at radius 3 is 2.33 bits per heavy atom. The molecule has 0 bridgehead atoms. The molecule has 4 aromatic rings. The number of amides is 1. The number of rotatable bonds is 8. The van der Waals surface area contributed by atoms with Crippen molar-refractivity contribution in [3.63, 3.8) is 0 Å². The van der Waals surface area contributed by atoms with Gasteiger partial charge in [0, 0.05) is 32.9 Å². The van der Waals surface area contributed by atoms with Crippen molar-refractivity contribution >= 4 is 27.0 Å². The molecule has 1 N–H and O–H groups in total. The van der Waals surface area contributed by atoms with Gasteiger partial charge in [0.2, 0.25) is 10.0 Å². The highest BCUT2D eigenvalue weighted by Crippen LogP contribution is 2.42. The van der Waals surface area contributed by atoms with E-state index in [4.69, 9.17) is 9.72 Å². The highest BCUT2D eigenvalue weighted by Gasteiger charge is 2.39. The summed E-state index contributed by atoms with van der Waals surface area (Å²) in [7, 11) is -0.722. The number of nitrogens with one attached hydrogen (secondary N) is 1. The van der Waals surface area contributed by atoms with Crippen LogP contribution < -0.4 is 4.74 Å². The predicted molar refractivity (Wildman–Crippen MR) is 178 cm³/mol. The minimum absolute atomic E-state index is 0.0239. The summed E-state index contributed by atoms with van der Waals surface area (Å²) in [5, 5.41) is 0. The molecule has 2 aromatic carbocycles. The van der Waals surface area contributed by atoms with E-state index < -0.39 is 16.1 Å². The number of aryl methyl sites for hydroxylation is 2. The van der Waals surface area contributed by atoms with Crippen LogP contribution in [0.5, 0.6) is 5.75 Å². The van der Waals surface area contributed by atoms with Gasteiger partial charge in [0.1, 0.15) is 17.1 Å². The molecule has 0 saturated carbocycles. The second-order valence-electron chi connectivity index (χ2n) is 13.0. The Labute approximate surface area is 271 Å². The first-order chi connectivity index (χ1) is 22.0. The summed E-state index contributed by atoms with van der Waals surface area (Å²) in [5.74, 6) is 1.08. The van der Waals surface area contributed by atoms with Crippen molar-refractivity contribution in [3.8, 4) is 5.75 Å². The normalized spacial score (nSPS) is 17.9.